The lowest BCUT2D eigenvalue weighted by molar-refractivity contribution is 0.153. The molecule has 0 aliphatic carbocycles. The molecule has 0 atom stereocenters. The molecule has 104 valence electrons. The molecule has 0 unspecified atom stereocenters. The predicted octanol–water partition coefficient (Wildman–Crippen LogP) is 2.93. The predicted molar refractivity (Wildman–Crippen MR) is 83.1 cm³/mol. The number of thiophene rings is 1. The van der Waals surface area contributed by atoms with E-state index in [0.29, 0.717) is 6.54 Å². The highest BCUT2D eigenvalue weighted by Crippen LogP contribution is 2.26. The van der Waals surface area contributed by atoms with Gasteiger partial charge in [0.15, 0.2) is 0 Å². The van der Waals surface area contributed by atoms with Crippen LogP contribution in [0.15, 0.2) is 11.4 Å². The van der Waals surface area contributed by atoms with Gasteiger partial charge in [-0.05, 0) is 43.8 Å². The van der Waals surface area contributed by atoms with Crippen LogP contribution in [0, 0.1) is 23.7 Å². The highest BCUT2D eigenvalue weighted by Gasteiger charge is 2.21. The third kappa shape index (κ3) is 4.35. The van der Waals surface area contributed by atoms with Crippen LogP contribution in [0.1, 0.15) is 37.1 Å². The Morgan fingerprint density at radius 1 is 1.42 bits per heavy atom. The zero-order chi connectivity index (χ0) is 13.7. The van der Waals surface area contributed by atoms with Crippen LogP contribution in [0.25, 0.3) is 0 Å². The molecule has 0 amide bonds. The van der Waals surface area contributed by atoms with Crippen LogP contribution in [0.4, 0.5) is 0 Å². The summed E-state index contributed by atoms with van der Waals surface area (Å²) in [7, 11) is 0. The Kier molecular flexibility index (Phi) is 5.45. The van der Waals surface area contributed by atoms with Crippen LogP contribution in [0.2, 0.25) is 0 Å². The SMILES string of the molecule is CC(C)C1CCN(Cc2cc(C#CCN)cs2)CC1. The summed E-state index contributed by atoms with van der Waals surface area (Å²) >= 11 is 1.82. The summed E-state index contributed by atoms with van der Waals surface area (Å²) in [6, 6.07) is 2.21. The third-order valence-corrected chi connectivity index (χ3v) is 4.86. The topological polar surface area (TPSA) is 29.3 Å². The van der Waals surface area contributed by atoms with Crippen LogP contribution in [0.5, 0.6) is 0 Å². The Labute approximate surface area is 121 Å². The molecule has 1 aromatic heterocycles. The van der Waals surface area contributed by atoms with Crippen molar-refractivity contribution in [2.24, 2.45) is 17.6 Å². The van der Waals surface area contributed by atoms with Crippen LogP contribution in [-0.4, -0.2) is 24.5 Å². The van der Waals surface area contributed by atoms with Gasteiger partial charge in [-0.25, -0.2) is 0 Å². The molecule has 0 saturated carbocycles. The van der Waals surface area contributed by atoms with Crippen LogP contribution in [0.3, 0.4) is 0 Å². The van der Waals surface area contributed by atoms with Crippen LogP contribution < -0.4 is 5.73 Å². The normalized spacial score (nSPS) is 17.5. The molecular weight excluding hydrogens is 252 g/mol. The van der Waals surface area contributed by atoms with Gasteiger partial charge in [0.1, 0.15) is 0 Å². The van der Waals surface area contributed by atoms with Crippen LogP contribution >= 0.6 is 11.3 Å². The van der Waals surface area contributed by atoms with Gasteiger partial charge in [0.2, 0.25) is 0 Å². The first-order valence-electron chi connectivity index (χ1n) is 7.17. The molecule has 19 heavy (non-hydrogen) atoms. The zero-order valence-electron chi connectivity index (χ0n) is 12.0. The second-order valence-electron chi connectivity index (χ2n) is 5.67. The summed E-state index contributed by atoms with van der Waals surface area (Å²) in [6.45, 7) is 8.70. The number of rotatable bonds is 3. The first-order chi connectivity index (χ1) is 9.19. The molecule has 0 spiro atoms. The lowest BCUT2D eigenvalue weighted by Gasteiger charge is -2.33. The maximum absolute atomic E-state index is 5.39. The van der Waals surface area contributed by atoms with Gasteiger partial charge in [-0.2, -0.15) is 0 Å². The smallest absolute Gasteiger partial charge is 0.0555 e. The van der Waals surface area contributed by atoms with Gasteiger partial charge in [0.25, 0.3) is 0 Å². The Morgan fingerprint density at radius 2 is 2.16 bits per heavy atom. The monoisotopic (exact) mass is 276 g/mol. The fourth-order valence-corrected chi connectivity index (χ4v) is 3.54. The van der Waals surface area contributed by atoms with E-state index in [-0.39, 0.29) is 0 Å². The molecule has 2 heterocycles. The molecule has 0 bridgehead atoms. The van der Waals surface area contributed by atoms with Crippen LogP contribution in [-0.2, 0) is 6.54 Å². The number of nitrogens with zero attached hydrogens (tertiary/aromatic N) is 1. The summed E-state index contributed by atoms with van der Waals surface area (Å²) in [6.07, 6.45) is 2.70. The van der Waals surface area contributed by atoms with Gasteiger partial charge in [0, 0.05) is 22.4 Å². The van der Waals surface area contributed by atoms with Gasteiger partial charge in [0.05, 0.1) is 6.54 Å². The molecule has 2 nitrogen and oxygen atoms in total. The molecule has 1 aliphatic rings. The van der Waals surface area contributed by atoms with Gasteiger partial charge in [-0.1, -0.05) is 25.7 Å². The first-order valence-corrected chi connectivity index (χ1v) is 8.05. The second-order valence-corrected chi connectivity index (χ2v) is 6.66. The summed E-state index contributed by atoms with van der Waals surface area (Å²) in [5.41, 5.74) is 6.50. The molecule has 1 fully saturated rings. The quantitative estimate of drug-likeness (QED) is 0.860. The molecular formula is C16H24N2S. The summed E-state index contributed by atoms with van der Waals surface area (Å²) in [5.74, 6) is 7.77. The summed E-state index contributed by atoms with van der Waals surface area (Å²) < 4.78 is 0. The van der Waals surface area contributed by atoms with Crippen molar-refractivity contribution in [1.82, 2.24) is 4.90 Å². The first kappa shape index (κ1) is 14.6. The van der Waals surface area contributed by atoms with E-state index in [9.17, 15) is 0 Å². The lowest BCUT2D eigenvalue weighted by Crippen LogP contribution is -2.34. The van der Waals surface area contributed by atoms with E-state index < -0.39 is 0 Å². The molecule has 2 N–H and O–H groups in total. The average Bonchev–Trinajstić information content (AvgIpc) is 2.84. The Bertz CT molecular complexity index is 445. The van der Waals surface area contributed by atoms with Crippen molar-refractivity contribution < 1.29 is 0 Å². The minimum atomic E-state index is 0.438. The lowest BCUT2D eigenvalue weighted by atomic mass is 9.87. The molecule has 0 aromatic carbocycles. The van der Waals surface area contributed by atoms with E-state index in [1.807, 2.05) is 11.3 Å². The maximum atomic E-state index is 5.39. The van der Waals surface area contributed by atoms with E-state index in [2.05, 4.69) is 42.0 Å². The van der Waals surface area contributed by atoms with Crippen molar-refractivity contribution >= 4 is 11.3 Å². The molecule has 0 radical (unpaired) electrons. The minimum absolute atomic E-state index is 0.438. The highest BCUT2D eigenvalue weighted by atomic mass is 32.1. The number of hydrogen-bond donors (Lipinski definition) is 1. The van der Waals surface area contributed by atoms with Crippen molar-refractivity contribution in [2.45, 2.75) is 33.2 Å². The number of nitrogens with two attached hydrogens (primary N) is 1. The van der Waals surface area contributed by atoms with Crippen molar-refractivity contribution in [3.05, 3.63) is 21.9 Å². The fraction of sp³-hybridized carbons (Fsp3) is 0.625. The van der Waals surface area contributed by atoms with Gasteiger partial charge in [-0.15, -0.1) is 11.3 Å². The number of likely N-dealkylation sites (tertiary alicyclic amines) is 1. The Balaban J connectivity index is 1.84. The largest absolute Gasteiger partial charge is 0.320 e. The number of piperidine rings is 1. The van der Waals surface area contributed by atoms with Crippen molar-refractivity contribution in [2.75, 3.05) is 19.6 Å². The zero-order valence-corrected chi connectivity index (χ0v) is 12.8. The standard InChI is InChI=1S/C16H24N2S/c1-13(2)15-5-8-18(9-6-15)11-16-10-14(12-19-16)4-3-7-17/h10,12-13,15H,5-9,11,17H2,1-2H3. The Hall–Kier alpha value is -0.820. The van der Waals surface area contributed by atoms with Gasteiger partial charge in [-0.3, -0.25) is 4.90 Å². The van der Waals surface area contributed by atoms with E-state index >= 15 is 0 Å². The fourth-order valence-electron chi connectivity index (χ4n) is 2.68. The van der Waals surface area contributed by atoms with E-state index in [0.717, 1.165) is 23.9 Å². The minimum Gasteiger partial charge on any atom is -0.320 e. The summed E-state index contributed by atoms with van der Waals surface area (Å²) in [4.78, 5) is 3.99. The summed E-state index contributed by atoms with van der Waals surface area (Å²) in [5, 5.41) is 2.14. The molecule has 2 rings (SSSR count). The molecule has 1 aliphatic heterocycles. The molecule has 3 heteroatoms. The van der Waals surface area contributed by atoms with Crippen molar-refractivity contribution in [3.8, 4) is 11.8 Å². The van der Waals surface area contributed by atoms with E-state index in [1.165, 1.54) is 30.8 Å². The Morgan fingerprint density at radius 3 is 2.79 bits per heavy atom. The average molecular weight is 276 g/mol. The molecule has 1 saturated heterocycles. The number of hydrogen-bond acceptors (Lipinski definition) is 3. The van der Waals surface area contributed by atoms with Gasteiger partial charge >= 0.3 is 0 Å². The van der Waals surface area contributed by atoms with E-state index in [4.69, 9.17) is 5.73 Å². The highest BCUT2D eigenvalue weighted by molar-refractivity contribution is 7.10. The third-order valence-electron chi connectivity index (χ3n) is 3.94. The second kappa shape index (κ2) is 7.09. The van der Waals surface area contributed by atoms with Crippen molar-refractivity contribution in [1.29, 1.82) is 0 Å². The van der Waals surface area contributed by atoms with E-state index in [1.54, 1.807) is 0 Å². The van der Waals surface area contributed by atoms with Gasteiger partial charge < -0.3 is 5.73 Å². The molecule has 1 aromatic rings. The van der Waals surface area contributed by atoms with Crippen molar-refractivity contribution in [3.63, 3.8) is 0 Å². The maximum Gasteiger partial charge on any atom is 0.0555 e.